The highest BCUT2D eigenvalue weighted by atomic mass is 127. The van der Waals surface area contributed by atoms with Crippen LogP contribution in [0.1, 0.15) is 47.1 Å². The molecule has 2 amide bonds. The number of hydrogen-bond acceptors (Lipinski definition) is 7. The third kappa shape index (κ3) is 9.33. The predicted octanol–water partition coefficient (Wildman–Crippen LogP) is 2.08. The molecule has 0 aliphatic rings. The smallest absolute Gasteiger partial charge is 0.420 e. The molecule has 0 saturated carbocycles. The van der Waals surface area contributed by atoms with Crippen LogP contribution >= 0.6 is 0 Å². The summed E-state index contributed by atoms with van der Waals surface area (Å²) in [5, 5.41) is 0. The first kappa shape index (κ1) is 29.4. The molecule has 0 spiro atoms. The fourth-order valence-electron chi connectivity index (χ4n) is 3.03. The molecule has 0 aliphatic heterocycles. The van der Waals surface area contributed by atoms with Crippen LogP contribution in [0.15, 0.2) is 48.5 Å². The number of carbonyl (C=O) groups excluding carboxylic acids is 3. The van der Waals surface area contributed by atoms with Crippen molar-refractivity contribution >= 4 is 18.2 Å². The van der Waals surface area contributed by atoms with E-state index in [0.29, 0.717) is 4.90 Å². The highest BCUT2D eigenvalue weighted by Gasteiger charge is 2.41. The van der Waals surface area contributed by atoms with Gasteiger partial charge in [-0.05, 0) is 83.5 Å². The van der Waals surface area contributed by atoms with Gasteiger partial charge < -0.3 is 18.9 Å². The van der Waals surface area contributed by atoms with Crippen molar-refractivity contribution in [3.8, 4) is 5.75 Å². The minimum atomic E-state index is -1.26. The number of imide groups is 1. The summed E-state index contributed by atoms with van der Waals surface area (Å²) in [6, 6.07) is 14.5. The molecule has 196 valence electrons. The van der Waals surface area contributed by atoms with Crippen LogP contribution in [-0.2, 0) is 25.4 Å². The van der Waals surface area contributed by atoms with Gasteiger partial charge in [0.05, 0.1) is 14.2 Å². The summed E-state index contributed by atoms with van der Waals surface area (Å²) in [4.78, 5) is 39.5. The molecule has 2 aromatic rings. The number of esters is 1. The van der Waals surface area contributed by atoms with E-state index < -0.39 is 56.6 Å². The fourth-order valence-corrected chi connectivity index (χ4v) is 5.19. The van der Waals surface area contributed by atoms with Crippen molar-refractivity contribution < 1.29 is 54.5 Å². The standard InChI is InChI=1S/C27H35INO7/c1-26(2,3)35-24(31)29(25(32)36-27(4,5)6)22(23(30)34-8)17-18-9-11-19(12-10-18)28-20-13-15-21(33-7)16-14-20/h9-16,22H,17H2,1-8H3/q+1/t22-/m0/s1. The lowest BCUT2D eigenvalue weighted by Crippen LogP contribution is -3.61. The normalized spacial score (nSPS) is 12.3. The Balaban J connectivity index is 2.30. The van der Waals surface area contributed by atoms with Crippen LogP contribution in [0.4, 0.5) is 9.59 Å². The number of hydrogen-bond donors (Lipinski definition) is 0. The predicted molar refractivity (Wildman–Crippen MR) is 131 cm³/mol. The molecule has 9 heteroatoms. The van der Waals surface area contributed by atoms with E-state index >= 15 is 0 Å². The molecule has 0 aliphatic carbocycles. The summed E-state index contributed by atoms with van der Waals surface area (Å²) in [6.45, 7) is 10.1. The van der Waals surface area contributed by atoms with Gasteiger partial charge in [0.15, 0.2) is 7.14 Å². The molecule has 0 saturated heterocycles. The summed E-state index contributed by atoms with van der Waals surface area (Å²) in [6.07, 6.45) is -1.91. The van der Waals surface area contributed by atoms with E-state index in [2.05, 4.69) is 0 Å². The molecular weight excluding hydrogens is 577 g/mol. The van der Waals surface area contributed by atoms with E-state index in [9.17, 15) is 14.4 Å². The Morgan fingerprint density at radius 2 is 1.22 bits per heavy atom. The van der Waals surface area contributed by atoms with E-state index in [1.54, 1.807) is 48.7 Å². The van der Waals surface area contributed by atoms with Crippen molar-refractivity contribution in [3.05, 3.63) is 61.2 Å². The minimum absolute atomic E-state index is 0.0479. The lowest BCUT2D eigenvalue weighted by atomic mass is 10.1. The van der Waals surface area contributed by atoms with Gasteiger partial charge in [-0.25, -0.2) is 14.4 Å². The number of benzene rings is 2. The Labute approximate surface area is 223 Å². The molecule has 2 rings (SSSR count). The number of amides is 2. The van der Waals surface area contributed by atoms with Crippen molar-refractivity contribution in [1.29, 1.82) is 0 Å². The molecule has 2 aromatic carbocycles. The number of carbonyl (C=O) groups is 3. The van der Waals surface area contributed by atoms with Crippen LogP contribution in [0, 0.1) is 7.14 Å². The molecular formula is C27H35INO7+. The van der Waals surface area contributed by atoms with Gasteiger partial charge in [0.25, 0.3) is 0 Å². The lowest BCUT2D eigenvalue weighted by molar-refractivity contribution is -0.597. The summed E-state index contributed by atoms with van der Waals surface area (Å²) < 4.78 is 23.4. The van der Waals surface area contributed by atoms with Crippen LogP contribution < -0.4 is 25.9 Å². The SMILES string of the molecule is COC(=O)[C@H](Cc1ccc([I+]c2ccc(OC)cc2)cc1)N(C(=O)OC(C)(C)C)C(=O)OC(C)(C)C. The highest BCUT2D eigenvalue weighted by molar-refractivity contribution is 5.94. The first-order chi connectivity index (χ1) is 16.7. The third-order valence-electron chi connectivity index (χ3n) is 4.58. The third-order valence-corrected chi connectivity index (χ3v) is 7.26. The molecule has 0 heterocycles. The van der Waals surface area contributed by atoms with Crippen LogP contribution in [0.2, 0.25) is 0 Å². The Hall–Kier alpha value is -2.82. The maximum absolute atomic E-state index is 13.0. The van der Waals surface area contributed by atoms with Gasteiger partial charge in [0, 0.05) is 6.42 Å². The van der Waals surface area contributed by atoms with E-state index in [1.165, 1.54) is 14.3 Å². The second-order valence-electron chi connectivity index (χ2n) is 9.95. The number of ether oxygens (including phenoxy) is 4. The molecule has 8 nitrogen and oxygen atoms in total. The van der Waals surface area contributed by atoms with E-state index in [-0.39, 0.29) is 6.42 Å². The molecule has 0 radical (unpaired) electrons. The van der Waals surface area contributed by atoms with Gasteiger partial charge >= 0.3 is 39.4 Å². The maximum atomic E-state index is 13.0. The zero-order valence-electron chi connectivity index (χ0n) is 22.1. The van der Waals surface area contributed by atoms with Crippen molar-refractivity contribution in [2.45, 2.75) is 65.2 Å². The summed E-state index contributed by atoms with van der Waals surface area (Å²) >= 11 is -0.411. The average molecular weight is 612 g/mol. The Morgan fingerprint density at radius 3 is 1.61 bits per heavy atom. The number of halogens is 1. The Morgan fingerprint density at radius 1 is 0.778 bits per heavy atom. The van der Waals surface area contributed by atoms with Gasteiger partial charge in [-0.15, -0.1) is 0 Å². The molecule has 0 bridgehead atoms. The fraction of sp³-hybridized carbons (Fsp3) is 0.444. The van der Waals surface area contributed by atoms with E-state index in [0.717, 1.165) is 11.3 Å². The maximum Gasteiger partial charge on any atom is 0.420 e. The zero-order chi connectivity index (χ0) is 27.1. The monoisotopic (exact) mass is 612 g/mol. The number of nitrogens with zero attached hydrogens (tertiary/aromatic N) is 1. The average Bonchev–Trinajstić information content (AvgIpc) is 2.77. The Bertz CT molecular complexity index is 1010. The zero-order valence-corrected chi connectivity index (χ0v) is 24.2. The van der Waals surface area contributed by atoms with Gasteiger partial charge in [0.1, 0.15) is 23.0 Å². The second-order valence-corrected chi connectivity index (χ2v) is 13.0. The molecule has 0 aromatic heterocycles. The summed E-state index contributed by atoms with van der Waals surface area (Å²) in [5.74, 6) is 0.0629. The lowest BCUT2D eigenvalue weighted by Gasteiger charge is -2.32. The van der Waals surface area contributed by atoms with Crippen molar-refractivity contribution in [3.63, 3.8) is 0 Å². The topological polar surface area (TPSA) is 91.4 Å². The van der Waals surface area contributed by atoms with Gasteiger partial charge in [-0.3, -0.25) is 0 Å². The minimum Gasteiger partial charge on any atom is -0.497 e. The van der Waals surface area contributed by atoms with E-state index in [1.807, 2.05) is 48.5 Å². The molecule has 36 heavy (non-hydrogen) atoms. The molecule has 0 unspecified atom stereocenters. The van der Waals surface area contributed by atoms with Crippen LogP contribution in [0.5, 0.6) is 5.75 Å². The van der Waals surface area contributed by atoms with Gasteiger partial charge in [-0.1, -0.05) is 12.1 Å². The molecule has 1 atom stereocenters. The Kier molecular flexibility index (Phi) is 10.2. The van der Waals surface area contributed by atoms with E-state index in [4.69, 9.17) is 18.9 Å². The summed E-state index contributed by atoms with van der Waals surface area (Å²) in [5.41, 5.74) is -1.01. The quantitative estimate of drug-likeness (QED) is 0.269. The molecule has 0 fully saturated rings. The number of methoxy groups -OCH3 is 2. The molecule has 0 N–H and O–H groups in total. The van der Waals surface area contributed by atoms with Crippen molar-refractivity contribution in [2.24, 2.45) is 0 Å². The number of rotatable bonds is 7. The van der Waals surface area contributed by atoms with Crippen molar-refractivity contribution in [1.82, 2.24) is 4.90 Å². The van der Waals surface area contributed by atoms with Crippen LogP contribution in [0.25, 0.3) is 0 Å². The first-order valence-corrected chi connectivity index (χ1v) is 13.6. The first-order valence-electron chi connectivity index (χ1n) is 11.4. The highest BCUT2D eigenvalue weighted by Crippen LogP contribution is 2.20. The van der Waals surface area contributed by atoms with Crippen molar-refractivity contribution in [2.75, 3.05) is 14.2 Å². The van der Waals surface area contributed by atoms with Crippen LogP contribution in [-0.4, -0.2) is 54.5 Å². The summed E-state index contributed by atoms with van der Waals surface area (Å²) in [7, 11) is 2.84. The second kappa shape index (κ2) is 12.4. The van der Waals surface area contributed by atoms with Crippen LogP contribution in [0.3, 0.4) is 0 Å². The largest absolute Gasteiger partial charge is 0.497 e. The van der Waals surface area contributed by atoms with Gasteiger partial charge in [-0.2, -0.15) is 4.90 Å². The van der Waals surface area contributed by atoms with Gasteiger partial charge in [0.2, 0.25) is 0 Å².